The Morgan fingerprint density at radius 2 is 0.574 bits per heavy atom. The molecule has 0 N–H and O–H groups in total. The van der Waals surface area contributed by atoms with Gasteiger partial charge in [-0.05, 0) is 54.8 Å². The third-order valence-corrected chi connectivity index (χ3v) is 8.05. The molecule has 0 amide bonds. The summed E-state index contributed by atoms with van der Waals surface area (Å²) in [5.74, 6) is 7.36. The van der Waals surface area contributed by atoms with Crippen molar-refractivity contribution in [3.05, 3.63) is 0 Å². The van der Waals surface area contributed by atoms with Crippen LogP contribution in [0.1, 0.15) is 218 Å². The summed E-state index contributed by atoms with van der Waals surface area (Å²) >= 11 is 0. The van der Waals surface area contributed by atoms with E-state index >= 15 is 0 Å². The van der Waals surface area contributed by atoms with E-state index in [9.17, 15) is 24.0 Å². The largest absolute Gasteiger partial charge is 0.299 e. The van der Waals surface area contributed by atoms with Gasteiger partial charge in [0.25, 0.3) is 0 Å². The van der Waals surface area contributed by atoms with Crippen molar-refractivity contribution >= 4 is 28.9 Å². The molecule has 0 spiro atoms. The second kappa shape index (κ2) is 39.6. The second-order valence-electron chi connectivity index (χ2n) is 19.6. The predicted octanol–water partition coefficient (Wildman–Crippen LogP) is 14.8. The highest BCUT2D eigenvalue weighted by molar-refractivity contribution is 5.82. The lowest BCUT2D eigenvalue weighted by molar-refractivity contribution is -0.125. The van der Waals surface area contributed by atoms with E-state index in [1.165, 1.54) is 12.8 Å². The normalized spacial score (nSPS) is 11.0. The molecule has 5 heteroatoms. The average molecular weight is 769 g/mol. The standard InChI is InChI=1S/C10H20O.C9H18O.2C8H16O.C7H14O.C7H16/c1-8(2)6-5-7-10(11)9(3)4;1-7(2)5-6-9(10)8(3)4;2*1-6(2)5-8(9)7(3)4;1-5(2)7(8)6(3)4;1-6(2)5-7(3)4/h8-9H,5-7H2,1-4H3;7-8H,5-6H2,1-4H3;2*6-7H,5H2,1-4H3;5-6H,1-4H3;6-7H,5H2,1-4H3. The monoisotopic (exact) mass is 769 g/mol. The van der Waals surface area contributed by atoms with Crippen LogP contribution in [0.15, 0.2) is 0 Å². The number of ketones is 5. The topological polar surface area (TPSA) is 85.3 Å². The number of rotatable bonds is 19. The van der Waals surface area contributed by atoms with Crippen molar-refractivity contribution in [1.29, 1.82) is 0 Å². The molecule has 0 aromatic heterocycles. The highest BCUT2D eigenvalue weighted by atomic mass is 16.1. The van der Waals surface area contributed by atoms with E-state index < -0.39 is 0 Å². The van der Waals surface area contributed by atoms with Gasteiger partial charge in [-0.15, -0.1) is 0 Å². The molecule has 0 aromatic carbocycles. The number of Topliss-reactive ketones (excluding diaryl/α,β-unsaturated/α-hetero) is 5. The van der Waals surface area contributed by atoms with Crippen LogP contribution in [-0.2, 0) is 24.0 Å². The fraction of sp³-hybridized carbons (Fsp3) is 0.898. The van der Waals surface area contributed by atoms with Crippen LogP contribution in [0.5, 0.6) is 0 Å². The number of hydrogen-bond acceptors (Lipinski definition) is 5. The van der Waals surface area contributed by atoms with Crippen LogP contribution in [0.2, 0.25) is 0 Å². The summed E-state index contributed by atoms with van der Waals surface area (Å²) in [4.78, 5) is 54.9. The zero-order chi connectivity index (χ0) is 44.5. The molecule has 0 aliphatic rings. The maximum Gasteiger partial charge on any atom is 0.137 e. The molecular weight excluding hydrogens is 669 g/mol. The van der Waals surface area contributed by atoms with Gasteiger partial charge < -0.3 is 0 Å². The average Bonchev–Trinajstić information content (AvgIpc) is 2.99. The summed E-state index contributed by atoms with van der Waals surface area (Å²) in [7, 11) is 0. The molecule has 0 unspecified atom stereocenters. The Bertz CT molecular complexity index is 857. The van der Waals surface area contributed by atoms with E-state index in [1.54, 1.807) is 0 Å². The van der Waals surface area contributed by atoms with Gasteiger partial charge in [0, 0.05) is 61.2 Å². The SMILES string of the molecule is CC(C)C(=O)C(C)C.CC(C)CC(=O)C(C)C.CC(C)CC(=O)C(C)C.CC(C)CC(C)C.CC(C)CCC(=O)C(C)C.CC(C)CCCC(=O)C(C)C. The number of carbonyl (C=O) groups excluding carboxylic acids is 5. The first kappa shape index (κ1) is 64.3. The summed E-state index contributed by atoms with van der Waals surface area (Å²) in [5.41, 5.74) is 0. The Labute approximate surface area is 340 Å². The quantitative estimate of drug-likeness (QED) is 0.131. The minimum atomic E-state index is 0.204. The van der Waals surface area contributed by atoms with Gasteiger partial charge in [0.15, 0.2) is 0 Å². The first-order valence-electron chi connectivity index (χ1n) is 22.0. The molecule has 0 saturated carbocycles. The van der Waals surface area contributed by atoms with Crippen LogP contribution in [0.3, 0.4) is 0 Å². The maximum absolute atomic E-state index is 11.1. The molecule has 0 rings (SSSR count). The van der Waals surface area contributed by atoms with Crippen LogP contribution in [-0.4, -0.2) is 28.9 Å². The van der Waals surface area contributed by atoms with Gasteiger partial charge in [-0.3, -0.25) is 24.0 Å². The van der Waals surface area contributed by atoms with Crippen molar-refractivity contribution in [1.82, 2.24) is 0 Å². The Kier molecular flexibility index (Phi) is 47.1. The predicted molar refractivity (Wildman–Crippen MR) is 240 cm³/mol. The first-order chi connectivity index (χ1) is 24.3. The zero-order valence-electron chi connectivity index (χ0n) is 41.1. The fourth-order valence-electron chi connectivity index (χ4n) is 4.58. The lowest BCUT2D eigenvalue weighted by Crippen LogP contribution is -2.13. The summed E-state index contributed by atoms with van der Waals surface area (Å²) in [5, 5.41) is 0. The van der Waals surface area contributed by atoms with E-state index in [-0.39, 0.29) is 35.5 Å². The molecule has 326 valence electrons. The summed E-state index contributed by atoms with van der Waals surface area (Å²) in [6.07, 6.45) is 7.64. The van der Waals surface area contributed by atoms with Crippen molar-refractivity contribution in [2.24, 2.45) is 71.0 Å². The van der Waals surface area contributed by atoms with Crippen molar-refractivity contribution in [2.45, 2.75) is 218 Å². The molecule has 0 bridgehead atoms. The zero-order valence-corrected chi connectivity index (χ0v) is 41.1. The molecular formula is C49H100O5. The Balaban J connectivity index is -0.000000129. The van der Waals surface area contributed by atoms with Crippen molar-refractivity contribution in [3.8, 4) is 0 Å². The summed E-state index contributed by atoms with van der Waals surface area (Å²) in [6.45, 7) is 49.4. The Morgan fingerprint density at radius 3 is 0.722 bits per heavy atom. The molecule has 0 aliphatic carbocycles. The van der Waals surface area contributed by atoms with Gasteiger partial charge in [0.2, 0.25) is 0 Å². The molecule has 0 fully saturated rings. The molecule has 0 aromatic rings. The van der Waals surface area contributed by atoms with Crippen LogP contribution in [0, 0.1) is 71.0 Å². The van der Waals surface area contributed by atoms with E-state index in [2.05, 4.69) is 83.1 Å². The van der Waals surface area contributed by atoms with Gasteiger partial charge >= 0.3 is 0 Å². The molecule has 54 heavy (non-hydrogen) atoms. The minimum absolute atomic E-state index is 0.204. The van der Waals surface area contributed by atoms with Gasteiger partial charge in [0.05, 0.1) is 0 Å². The van der Waals surface area contributed by atoms with Gasteiger partial charge in [-0.25, -0.2) is 0 Å². The third-order valence-electron chi connectivity index (χ3n) is 8.05. The molecule has 0 heterocycles. The number of hydrogen-bond donors (Lipinski definition) is 0. The number of carbonyl (C=O) groups is 5. The van der Waals surface area contributed by atoms with E-state index in [0.717, 1.165) is 56.3 Å². The molecule has 0 aliphatic heterocycles. The molecule has 0 radical (unpaired) electrons. The van der Waals surface area contributed by atoms with Crippen LogP contribution in [0.25, 0.3) is 0 Å². The van der Waals surface area contributed by atoms with E-state index in [4.69, 9.17) is 0 Å². The summed E-state index contributed by atoms with van der Waals surface area (Å²) in [6, 6.07) is 0. The van der Waals surface area contributed by atoms with Crippen LogP contribution in [0.4, 0.5) is 0 Å². The molecule has 0 atom stereocenters. The highest BCUT2D eigenvalue weighted by Gasteiger charge is 2.11. The van der Waals surface area contributed by atoms with Gasteiger partial charge in [-0.2, -0.15) is 0 Å². The van der Waals surface area contributed by atoms with Crippen LogP contribution >= 0.6 is 0 Å². The molecule has 0 saturated heterocycles. The van der Waals surface area contributed by atoms with E-state index in [0.29, 0.717) is 46.7 Å². The maximum atomic E-state index is 11.1. The van der Waals surface area contributed by atoms with Crippen molar-refractivity contribution in [2.75, 3.05) is 0 Å². The lowest BCUT2D eigenvalue weighted by Gasteiger charge is -2.05. The minimum Gasteiger partial charge on any atom is -0.299 e. The fourth-order valence-corrected chi connectivity index (χ4v) is 4.58. The van der Waals surface area contributed by atoms with Crippen molar-refractivity contribution < 1.29 is 24.0 Å². The lowest BCUT2D eigenvalue weighted by atomic mass is 9.99. The Morgan fingerprint density at radius 1 is 0.296 bits per heavy atom. The first-order valence-corrected chi connectivity index (χ1v) is 22.0. The highest BCUT2D eigenvalue weighted by Crippen LogP contribution is 2.11. The van der Waals surface area contributed by atoms with Gasteiger partial charge in [-0.1, -0.05) is 173 Å². The second-order valence-corrected chi connectivity index (χ2v) is 19.6. The van der Waals surface area contributed by atoms with Crippen molar-refractivity contribution in [3.63, 3.8) is 0 Å². The van der Waals surface area contributed by atoms with E-state index in [1.807, 2.05) is 83.1 Å². The molecule has 5 nitrogen and oxygen atoms in total. The Hall–Kier alpha value is -1.65. The third kappa shape index (κ3) is 59.6. The smallest absolute Gasteiger partial charge is 0.137 e. The van der Waals surface area contributed by atoms with Crippen LogP contribution < -0.4 is 0 Å². The van der Waals surface area contributed by atoms with Gasteiger partial charge in [0.1, 0.15) is 28.9 Å². The summed E-state index contributed by atoms with van der Waals surface area (Å²) < 4.78 is 0.